The highest BCUT2D eigenvalue weighted by atomic mass is 15.1. The molecule has 0 unspecified atom stereocenters. The van der Waals surface area contributed by atoms with Crippen LogP contribution in [0.25, 0.3) is 11.5 Å². The van der Waals surface area contributed by atoms with Gasteiger partial charge in [-0.05, 0) is 12.5 Å². The van der Waals surface area contributed by atoms with Crippen LogP contribution in [0.2, 0.25) is 0 Å². The van der Waals surface area contributed by atoms with Gasteiger partial charge < -0.3 is 10.3 Å². The second-order valence-electron chi connectivity index (χ2n) is 3.28. The van der Waals surface area contributed by atoms with Crippen LogP contribution in [0.15, 0.2) is 24.8 Å². The molecular weight excluding hydrogens is 190 g/mol. The molecule has 0 saturated carbocycles. The van der Waals surface area contributed by atoms with E-state index in [0.29, 0.717) is 11.6 Å². The van der Waals surface area contributed by atoms with Crippen LogP contribution in [0.3, 0.4) is 0 Å². The van der Waals surface area contributed by atoms with Gasteiger partial charge in [-0.1, -0.05) is 6.92 Å². The van der Waals surface area contributed by atoms with Crippen molar-refractivity contribution < 1.29 is 0 Å². The maximum absolute atomic E-state index is 5.61. The van der Waals surface area contributed by atoms with Crippen LogP contribution in [-0.4, -0.2) is 19.5 Å². The minimum atomic E-state index is 0.476. The Kier molecular flexibility index (Phi) is 2.62. The number of rotatable bonds is 3. The van der Waals surface area contributed by atoms with Gasteiger partial charge >= 0.3 is 0 Å². The van der Waals surface area contributed by atoms with E-state index in [2.05, 4.69) is 21.9 Å². The number of nitrogens with zero attached hydrogens (tertiary/aromatic N) is 4. The van der Waals surface area contributed by atoms with Gasteiger partial charge in [0.25, 0.3) is 0 Å². The molecule has 0 atom stereocenters. The summed E-state index contributed by atoms with van der Waals surface area (Å²) in [6, 6.07) is 1.67. The molecule has 0 aliphatic rings. The lowest BCUT2D eigenvalue weighted by molar-refractivity contribution is 0.681. The molecule has 0 aromatic carbocycles. The van der Waals surface area contributed by atoms with Gasteiger partial charge in [0.2, 0.25) is 0 Å². The van der Waals surface area contributed by atoms with Crippen molar-refractivity contribution in [3.8, 4) is 11.5 Å². The molecule has 0 saturated heterocycles. The predicted molar refractivity (Wildman–Crippen MR) is 58.0 cm³/mol. The lowest BCUT2D eigenvalue weighted by Crippen LogP contribution is -2.01. The Morgan fingerprint density at radius 2 is 2.33 bits per heavy atom. The van der Waals surface area contributed by atoms with Crippen molar-refractivity contribution in [2.75, 3.05) is 5.73 Å². The van der Waals surface area contributed by atoms with E-state index in [1.807, 2.05) is 4.57 Å². The summed E-state index contributed by atoms with van der Waals surface area (Å²) in [5.74, 6) is 1.10. The molecule has 5 nitrogen and oxygen atoms in total. The molecule has 0 fully saturated rings. The minimum Gasteiger partial charge on any atom is -0.384 e. The number of nitrogens with two attached hydrogens (primary N) is 1. The second kappa shape index (κ2) is 4.08. The number of aromatic nitrogens is 4. The quantitative estimate of drug-likeness (QED) is 0.817. The molecule has 0 amide bonds. The van der Waals surface area contributed by atoms with Crippen molar-refractivity contribution in [3.63, 3.8) is 0 Å². The third-order valence-electron chi connectivity index (χ3n) is 2.08. The number of aryl methyl sites for hydroxylation is 1. The minimum absolute atomic E-state index is 0.476. The third-order valence-corrected chi connectivity index (χ3v) is 2.08. The summed E-state index contributed by atoms with van der Waals surface area (Å²) in [5.41, 5.74) is 6.51. The number of anilines is 1. The van der Waals surface area contributed by atoms with Crippen LogP contribution in [0.5, 0.6) is 0 Å². The first-order valence-electron chi connectivity index (χ1n) is 4.90. The SMILES string of the molecule is CCCn1cncc1-c1nccc(N)n1. The van der Waals surface area contributed by atoms with Crippen LogP contribution in [0, 0.1) is 0 Å². The summed E-state index contributed by atoms with van der Waals surface area (Å²) in [5, 5.41) is 0. The monoisotopic (exact) mass is 203 g/mol. The predicted octanol–water partition coefficient (Wildman–Crippen LogP) is 1.33. The van der Waals surface area contributed by atoms with Crippen LogP contribution < -0.4 is 5.73 Å². The first kappa shape index (κ1) is 9.64. The normalized spacial score (nSPS) is 10.5. The fourth-order valence-electron chi connectivity index (χ4n) is 1.42. The van der Waals surface area contributed by atoms with Crippen molar-refractivity contribution in [1.82, 2.24) is 19.5 Å². The molecule has 78 valence electrons. The third kappa shape index (κ3) is 1.96. The molecule has 0 spiro atoms. The van der Waals surface area contributed by atoms with E-state index in [1.54, 1.807) is 24.8 Å². The number of nitrogen functional groups attached to an aromatic ring is 1. The Balaban J connectivity index is 2.40. The van der Waals surface area contributed by atoms with Crippen molar-refractivity contribution in [2.45, 2.75) is 19.9 Å². The van der Waals surface area contributed by atoms with Crippen LogP contribution in [0.4, 0.5) is 5.82 Å². The van der Waals surface area contributed by atoms with Gasteiger partial charge in [0.05, 0.1) is 12.5 Å². The lowest BCUT2D eigenvalue weighted by atomic mass is 10.4. The van der Waals surface area contributed by atoms with E-state index in [0.717, 1.165) is 18.7 Å². The van der Waals surface area contributed by atoms with Crippen molar-refractivity contribution in [2.24, 2.45) is 0 Å². The highest BCUT2D eigenvalue weighted by Crippen LogP contribution is 2.14. The fraction of sp³-hybridized carbons (Fsp3) is 0.300. The summed E-state index contributed by atoms with van der Waals surface area (Å²) in [7, 11) is 0. The van der Waals surface area contributed by atoms with Gasteiger partial charge in [0.15, 0.2) is 5.82 Å². The average molecular weight is 203 g/mol. The van der Waals surface area contributed by atoms with Gasteiger partial charge in [-0.15, -0.1) is 0 Å². The van der Waals surface area contributed by atoms with Crippen molar-refractivity contribution in [1.29, 1.82) is 0 Å². The molecule has 5 heteroatoms. The average Bonchev–Trinajstić information content (AvgIpc) is 2.66. The van der Waals surface area contributed by atoms with E-state index in [9.17, 15) is 0 Å². The highest BCUT2D eigenvalue weighted by molar-refractivity contribution is 5.50. The first-order chi connectivity index (χ1) is 7.31. The van der Waals surface area contributed by atoms with E-state index in [-0.39, 0.29) is 0 Å². The summed E-state index contributed by atoms with van der Waals surface area (Å²) < 4.78 is 2.02. The first-order valence-corrected chi connectivity index (χ1v) is 4.90. The zero-order valence-corrected chi connectivity index (χ0v) is 8.59. The van der Waals surface area contributed by atoms with Crippen molar-refractivity contribution >= 4 is 5.82 Å². The van der Waals surface area contributed by atoms with Crippen molar-refractivity contribution in [3.05, 3.63) is 24.8 Å². The van der Waals surface area contributed by atoms with E-state index >= 15 is 0 Å². The Labute approximate surface area is 88.0 Å². The van der Waals surface area contributed by atoms with E-state index in [4.69, 9.17) is 5.73 Å². The van der Waals surface area contributed by atoms with Gasteiger partial charge in [0, 0.05) is 12.7 Å². The summed E-state index contributed by atoms with van der Waals surface area (Å²) in [6.07, 6.45) is 6.24. The maximum atomic E-state index is 5.61. The zero-order valence-electron chi connectivity index (χ0n) is 8.59. The molecule has 2 N–H and O–H groups in total. The van der Waals surface area contributed by atoms with Gasteiger partial charge in [-0.2, -0.15) is 0 Å². The molecule has 0 bridgehead atoms. The van der Waals surface area contributed by atoms with Gasteiger partial charge in [0.1, 0.15) is 11.5 Å². The molecule has 0 aliphatic heterocycles. The maximum Gasteiger partial charge on any atom is 0.179 e. The number of hydrogen-bond donors (Lipinski definition) is 1. The Morgan fingerprint density at radius 3 is 3.07 bits per heavy atom. The molecular formula is C10H13N5. The summed E-state index contributed by atoms with van der Waals surface area (Å²) in [6.45, 7) is 3.03. The highest BCUT2D eigenvalue weighted by Gasteiger charge is 2.07. The zero-order chi connectivity index (χ0) is 10.7. The Bertz CT molecular complexity index is 449. The van der Waals surface area contributed by atoms with Gasteiger partial charge in [-0.3, -0.25) is 0 Å². The summed E-state index contributed by atoms with van der Waals surface area (Å²) in [4.78, 5) is 12.4. The molecule has 2 rings (SSSR count). The van der Waals surface area contributed by atoms with E-state index < -0.39 is 0 Å². The number of hydrogen-bond acceptors (Lipinski definition) is 4. The van der Waals surface area contributed by atoms with Gasteiger partial charge in [-0.25, -0.2) is 15.0 Å². The second-order valence-corrected chi connectivity index (χ2v) is 3.28. The molecule has 0 aliphatic carbocycles. The van der Waals surface area contributed by atoms with E-state index in [1.165, 1.54) is 0 Å². The molecule has 2 aromatic heterocycles. The molecule has 0 radical (unpaired) electrons. The smallest absolute Gasteiger partial charge is 0.179 e. The topological polar surface area (TPSA) is 69.6 Å². The molecule has 15 heavy (non-hydrogen) atoms. The standard InChI is InChI=1S/C10H13N5/c1-2-5-15-7-12-6-8(15)10-13-4-3-9(11)14-10/h3-4,6-7H,2,5H2,1H3,(H2,11,13,14). The molecule has 2 aromatic rings. The Morgan fingerprint density at radius 1 is 1.47 bits per heavy atom. The van der Waals surface area contributed by atoms with Crippen LogP contribution in [-0.2, 0) is 6.54 Å². The van der Waals surface area contributed by atoms with Crippen LogP contribution >= 0.6 is 0 Å². The lowest BCUT2D eigenvalue weighted by Gasteiger charge is -2.04. The largest absolute Gasteiger partial charge is 0.384 e. The fourth-order valence-corrected chi connectivity index (χ4v) is 1.42. The molecule has 2 heterocycles. The van der Waals surface area contributed by atoms with Crippen LogP contribution in [0.1, 0.15) is 13.3 Å². The number of imidazole rings is 1. The Hall–Kier alpha value is -1.91. The summed E-state index contributed by atoms with van der Waals surface area (Å²) >= 11 is 0.